The van der Waals surface area contributed by atoms with Crippen LogP contribution >= 0.6 is 0 Å². The highest BCUT2D eigenvalue weighted by atomic mass is 16.5. The zero-order chi connectivity index (χ0) is 20.7. The zero-order valence-electron chi connectivity index (χ0n) is 17.4. The lowest BCUT2D eigenvalue weighted by molar-refractivity contribution is 0.280. The second-order valence-corrected chi connectivity index (χ2v) is 7.86. The number of pyridine rings is 2. The molecule has 1 aliphatic heterocycles. The molecular formula is C22H25N7O. The van der Waals surface area contributed by atoms with Gasteiger partial charge in [0.2, 0.25) is 5.88 Å². The summed E-state index contributed by atoms with van der Waals surface area (Å²) in [5.41, 5.74) is 2.86. The molecule has 2 atom stereocenters. The van der Waals surface area contributed by atoms with Crippen LogP contribution in [0.1, 0.15) is 38.4 Å². The Hall–Kier alpha value is -3.42. The molecule has 1 aliphatic rings. The molecule has 0 saturated carbocycles. The van der Waals surface area contributed by atoms with Crippen molar-refractivity contribution >= 4 is 17.3 Å². The number of aromatic nitrogens is 6. The summed E-state index contributed by atoms with van der Waals surface area (Å²) >= 11 is 0. The van der Waals surface area contributed by atoms with Crippen LogP contribution in [0, 0.1) is 5.92 Å². The number of hydrogen-bond donors (Lipinski definition) is 1. The first-order chi connectivity index (χ1) is 14.6. The van der Waals surface area contributed by atoms with Crippen molar-refractivity contribution < 1.29 is 4.74 Å². The number of aryl methyl sites for hydroxylation is 1. The number of ether oxygens (including phenoxy) is 1. The van der Waals surface area contributed by atoms with E-state index in [2.05, 4.69) is 56.0 Å². The zero-order valence-corrected chi connectivity index (χ0v) is 17.4. The highest BCUT2D eigenvalue weighted by Crippen LogP contribution is 2.36. The second-order valence-electron chi connectivity index (χ2n) is 7.86. The molecule has 0 fully saturated rings. The Morgan fingerprint density at radius 3 is 2.87 bits per heavy atom. The number of hydrogen-bond acceptors (Lipinski definition) is 6. The summed E-state index contributed by atoms with van der Waals surface area (Å²) in [7, 11) is 1.89. The van der Waals surface area contributed by atoms with Crippen molar-refractivity contribution in [2.45, 2.75) is 32.6 Å². The van der Waals surface area contributed by atoms with Crippen LogP contribution in [0.5, 0.6) is 5.88 Å². The number of rotatable bonds is 5. The van der Waals surface area contributed by atoms with Crippen molar-refractivity contribution in [2.75, 3.05) is 11.9 Å². The van der Waals surface area contributed by atoms with Crippen LogP contribution in [0.25, 0.3) is 16.8 Å². The molecule has 30 heavy (non-hydrogen) atoms. The molecule has 4 aromatic heterocycles. The van der Waals surface area contributed by atoms with E-state index in [1.165, 1.54) is 0 Å². The summed E-state index contributed by atoms with van der Waals surface area (Å²) < 4.78 is 9.98. The fourth-order valence-electron chi connectivity index (χ4n) is 4.07. The van der Waals surface area contributed by atoms with Crippen molar-refractivity contribution in [3.63, 3.8) is 0 Å². The van der Waals surface area contributed by atoms with E-state index in [4.69, 9.17) is 4.74 Å². The minimum absolute atomic E-state index is 0.354. The summed E-state index contributed by atoms with van der Waals surface area (Å²) in [6.07, 6.45) is 5.61. The van der Waals surface area contributed by atoms with Gasteiger partial charge in [-0.3, -0.25) is 4.68 Å². The SMILES string of the molecule is CCC(C)C1CCOc2cc(-c3ccnc(Nc4ccnn4C)c3)cc3nnc1n23. The van der Waals surface area contributed by atoms with E-state index in [1.54, 1.807) is 17.1 Å². The molecule has 0 aliphatic carbocycles. The minimum Gasteiger partial charge on any atom is -0.478 e. The van der Waals surface area contributed by atoms with Crippen molar-refractivity contribution in [3.8, 4) is 17.0 Å². The van der Waals surface area contributed by atoms with Gasteiger partial charge in [-0.05, 0) is 41.7 Å². The molecule has 8 nitrogen and oxygen atoms in total. The van der Waals surface area contributed by atoms with Crippen LogP contribution in [-0.4, -0.2) is 36.0 Å². The lowest BCUT2D eigenvalue weighted by Gasteiger charge is -2.18. The van der Waals surface area contributed by atoms with Gasteiger partial charge in [0.15, 0.2) is 5.65 Å². The largest absolute Gasteiger partial charge is 0.478 e. The van der Waals surface area contributed by atoms with Gasteiger partial charge in [-0.15, -0.1) is 10.2 Å². The number of anilines is 2. The first-order valence-corrected chi connectivity index (χ1v) is 10.4. The molecule has 154 valence electrons. The smallest absolute Gasteiger partial charge is 0.201 e. The molecule has 0 spiro atoms. The fraction of sp³-hybridized carbons (Fsp3) is 0.364. The molecule has 0 saturated heterocycles. The van der Waals surface area contributed by atoms with Crippen LogP contribution in [0.3, 0.4) is 0 Å². The van der Waals surface area contributed by atoms with E-state index in [0.717, 1.165) is 53.0 Å². The normalized spacial score (nSPS) is 16.8. The predicted molar refractivity (Wildman–Crippen MR) is 115 cm³/mol. The van der Waals surface area contributed by atoms with Crippen LogP contribution < -0.4 is 10.1 Å². The van der Waals surface area contributed by atoms with E-state index >= 15 is 0 Å². The molecule has 0 bridgehead atoms. The minimum atomic E-state index is 0.354. The third kappa shape index (κ3) is 3.18. The van der Waals surface area contributed by atoms with Gasteiger partial charge in [0, 0.05) is 31.3 Å². The summed E-state index contributed by atoms with van der Waals surface area (Å²) in [5.74, 6) is 4.32. The highest BCUT2D eigenvalue weighted by Gasteiger charge is 2.28. The maximum atomic E-state index is 6.14. The lowest BCUT2D eigenvalue weighted by Crippen LogP contribution is -2.13. The van der Waals surface area contributed by atoms with Crippen molar-refractivity contribution in [1.29, 1.82) is 0 Å². The van der Waals surface area contributed by atoms with Gasteiger partial charge in [-0.2, -0.15) is 5.10 Å². The van der Waals surface area contributed by atoms with Gasteiger partial charge in [-0.1, -0.05) is 20.3 Å². The van der Waals surface area contributed by atoms with Crippen LogP contribution in [0.15, 0.2) is 42.7 Å². The van der Waals surface area contributed by atoms with Crippen molar-refractivity contribution in [3.05, 3.63) is 48.5 Å². The van der Waals surface area contributed by atoms with Gasteiger partial charge >= 0.3 is 0 Å². The molecule has 8 heteroatoms. The average molecular weight is 403 g/mol. The van der Waals surface area contributed by atoms with E-state index < -0.39 is 0 Å². The van der Waals surface area contributed by atoms with Crippen LogP contribution in [0.2, 0.25) is 0 Å². The van der Waals surface area contributed by atoms with E-state index in [-0.39, 0.29) is 0 Å². The standard InChI is InChI=1S/C22H25N7O/c1-4-14(2)17-7-10-30-21-13-16(12-20-26-27-22(17)29(20)21)15-5-8-23-18(11-15)25-19-6-9-24-28(19)3/h5-6,8-9,11-14,17H,4,7,10H2,1-3H3,(H,23,25). The first-order valence-electron chi connectivity index (χ1n) is 10.4. The monoisotopic (exact) mass is 403 g/mol. The number of nitrogens with one attached hydrogen (secondary N) is 1. The Balaban J connectivity index is 1.54. The average Bonchev–Trinajstić information content (AvgIpc) is 3.31. The Morgan fingerprint density at radius 2 is 2.07 bits per heavy atom. The Kier molecular flexibility index (Phi) is 4.61. The summed E-state index contributed by atoms with van der Waals surface area (Å²) in [5, 5.41) is 16.5. The first kappa shape index (κ1) is 18.6. The van der Waals surface area contributed by atoms with Crippen LogP contribution in [-0.2, 0) is 7.05 Å². The molecule has 4 aromatic rings. The van der Waals surface area contributed by atoms with Gasteiger partial charge in [0.1, 0.15) is 17.5 Å². The van der Waals surface area contributed by atoms with Gasteiger partial charge in [0.05, 0.1) is 12.8 Å². The van der Waals surface area contributed by atoms with E-state index in [1.807, 2.05) is 25.2 Å². The maximum absolute atomic E-state index is 6.14. The Labute approximate surface area is 174 Å². The molecule has 0 aromatic carbocycles. The lowest BCUT2D eigenvalue weighted by atomic mass is 9.88. The third-order valence-corrected chi connectivity index (χ3v) is 6.01. The molecular weight excluding hydrogens is 378 g/mol. The van der Waals surface area contributed by atoms with Gasteiger partial charge < -0.3 is 10.1 Å². The van der Waals surface area contributed by atoms with Gasteiger partial charge in [-0.25, -0.2) is 9.38 Å². The molecule has 0 radical (unpaired) electrons. The topological polar surface area (TPSA) is 82.2 Å². The number of nitrogens with zero attached hydrogens (tertiary/aromatic N) is 6. The van der Waals surface area contributed by atoms with E-state index in [9.17, 15) is 0 Å². The maximum Gasteiger partial charge on any atom is 0.201 e. The highest BCUT2D eigenvalue weighted by molar-refractivity contribution is 5.72. The summed E-state index contributed by atoms with van der Waals surface area (Å²) in [6.45, 7) is 5.18. The summed E-state index contributed by atoms with van der Waals surface area (Å²) in [4.78, 5) is 4.44. The fourth-order valence-corrected chi connectivity index (χ4v) is 4.07. The molecule has 0 amide bonds. The van der Waals surface area contributed by atoms with E-state index in [0.29, 0.717) is 18.4 Å². The van der Waals surface area contributed by atoms with Crippen LogP contribution in [0.4, 0.5) is 11.6 Å². The van der Waals surface area contributed by atoms with Crippen molar-refractivity contribution in [2.24, 2.45) is 13.0 Å². The van der Waals surface area contributed by atoms with Gasteiger partial charge in [0.25, 0.3) is 0 Å². The summed E-state index contributed by atoms with van der Waals surface area (Å²) in [6, 6.07) is 10.0. The van der Waals surface area contributed by atoms with Crippen molar-refractivity contribution in [1.82, 2.24) is 29.4 Å². The quantitative estimate of drug-likeness (QED) is 0.538. The molecule has 1 N–H and O–H groups in total. The molecule has 5 rings (SSSR count). The Bertz CT molecular complexity index is 1200. The molecule has 5 heterocycles. The second kappa shape index (κ2) is 7.44. The predicted octanol–water partition coefficient (Wildman–Crippen LogP) is 4.18. The third-order valence-electron chi connectivity index (χ3n) is 6.01. The Morgan fingerprint density at radius 1 is 1.17 bits per heavy atom. The molecule has 2 unspecified atom stereocenters.